The Morgan fingerprint density at radius 1 is 1.48 bits per heavy atom. The first-order valence-corrected chi connectivity index (χ1v) is 8.35. The summed E-state index contributed by atoms with van der Waals surface area (Å²) < 4.78 is 8.01. The van der Waals surface area contributed by atoms with E-state index >= 15 is 0 Å². The van der Waals surface area contributed by atoms with Gasteiger partial charge in [0, 0.05) is 25.8 Å². The molecule has 0 radical (unpaired) electrons. The number of esters is 1. The number of aromatic nitrogens is 3. The number of hydrogen-bond acceptors (Lipinski definition) is 6. The molecule has 1 atom stereocenters. The average Bonchev–Trinajstić information content (AvgIpc) is 2.83. The number of nitrogens with one attached hydrogen (secondary N) is 1. The van der Waals surface area contributed by atoms with Gasteiger partial charge in [-0.15, -0.1) is 0 Å². The van der Waals surface area contributed by atoms with E-state index in [4.69, 9.17) is 4.74 Å². The third-order valence-corrected chi connectivity index (χ3v) is 4.21. The molecule has 0 spiro atoms. The van der Waals surface area contributed by atoms with Gasteiger partial charge in [-0.25, -0.2) is 14.3 Å². The highest BCUT2D eigenvalue weighted by molar-refractivity contribution is 9.10. The molecule has 1 saturated heterocycles. The van der Waals surface area contributed by atoms with Gasteiger partial charge in [0.05, 0.1) is 0 Å². The van der Waals surface area contributed by atoms with Crippen molar-refractivity contribution >= 4 is 33.4 Å². The summed E-state index contributed by atoms with van der Waals surface area (Å²) in [6.07, 6.45) is 1.70. The van der Waals surface area contributed by atoms with Crippen molar-refractivity contribution in [2.75, 3.05) is 24.5 Å². The SMILES string of the molecule is CC(C)(C)OC(=O)C1CNCCN1c1nc2cccnn2c1Br. The van der Waals surface area contributed by atoms with Gasteiger partial charge in [0.15, 0.2) is 16.1 Å². The van der Waals surface area contributed by atoms with Crippen molar-refractivity contribution < 1.29 is 9.53 Å². The van der Waals surface area contributed by atoms with Crippen LogP contribution in [0.3, 0.4) is 0 Å². The molecule has 2 aromatic rings. The predicted molar refractivity (Wildman–Crippen MR) is 90.5 cm³/mol. The van der Waals surface area contributed by atoms with E-state index in [0.29, 0.717) is 18.9 Å². The second-order valence-electron chi connectivity index (χ2n) is 6.47. The van der Waals surface area contributed by atoms with Gasteiger partial charge in [-0.1, -0.05) is 0 Å². The van der Waals surface area contributed by atoms with E-state index in [1.807, 2.05) is 37.8 Å². The lowest BCUT2D eigenvalue weighted by Crippen LogP contribution is -2.56. The molecule has 1 N–H and O–H groups in total. The van der Waals surface area contributed by atoms with Gasteiger partial charge in [-0.2, -0.15) is 5.10 Å². The summed E-state index contributed by atoms with van der Waals surface area (Å²) in [6.45, 7) is 7.60. The number of imidazole rings is 1. The number of carbonyl (C=O) groups excluding carboxylic acids is 1. The molecule has 23 heavy (non-hydrogen) atoms. The Balaban J connectivity index is 1.94. The lowest BCUT2D eigenvalue weighted by atomic mass is 10.1. The number of carbonyl (C=O) groups is 1. The number of nitrogens with zero attached hydrogens (tertiary/aromatic N) is 4. The highest BCUT2D eigenvalue weighted by Gasteiger charge is 2.35. The first-order chi connectivity index (χ1) is 10.9. The maximum atomic E-state index is 12.6. The third kappa shape index (κ3) is 3.32. The van der Waals surface area contributed by atoms with E-state index in [2.05, 4.69) is 31.3 Å². The number of fused-ring (bicyclic) bond motifs is 1. The minimum absolute atomic E-state index is 0.249. The van der Waals surface area contributed by atoms with Gasteiger partial charge < -0.3 is 15.0 Å². The van der Waals surface area contributed by atoms with Crippen molar-refractivity contribution in [3.05, 3.63) is 22.9 Å². The molecular weight excluding hydrogens is 362 g/mol. The van der Waals surface area contributed by atoms with E-state index in [-0.39, 0.29) is 5.97 Å². The molecule has 8 heteroatoms. The maximum Gasteiger partial charge on any atom is 0.330 e. The number of anilines is 1. The summed E-state index contributed by atoms with van der Waals surface area (Å²) in [4.78, 5) is 19.1. The molecule has 1 aliphatic rings. The Bertz CT molecular complexity index is 724. The van der Waals surface area contributed by atoms with Gasteiger partial charge in [0.1, 0.15) is 11.6 Å². The van der Waals surface area contributed by atoms with E-state index in [9.17, 15) is 4.79 Å². The molecule has 1 aliphatic heterocycles. The van der Waals surface area contributed by atoms with E-state index in [1.54, 1.807) is 10.7 Å². The van der Waals surface area contributed by atoms with Gasteiger partial charge >= 0.3 is 5.97 Å². The molecule has 124 valence electrons. The smallest absolute Gasteiger partial charge is 0.330 e. The maximum absolute atomic E-state index is 12.6. The second kappa shape index (κ2) is 6.09. The van der Waals surface area contributed by atoms with Gasteiger partial charge in [0.2, 0.25) is 0 Å². The van der Waals surface area contributed by atoms with Crippen LogP contribution in [0.1, 0.15) is 20.8 Å². The second-order valence-corrected chi connectivity index (χ2v) is 7.22. The van der Waals surface area contributed by atoms with Crippen molar-refractivity contribution in [1.82, 2.24) is 19.9 Å². The fourth-order valence-electron chi connectivity index (χ4n) is 2.57. The number of halogens is 1. The Hall–Kier alpha value is -1.67. The van der Waals surface area contributed by atoms with Crippen LogP contribution in [0.4, 0.5) is 5.82 Å². The summed E-state index contributed by atoms with van der Waals surface area (Å²) in [5.74, 6) is 0.461. The zero-order chi connectivity index (χ0) is 16.6. The Morgan fingerprint density at radius 2 is 2.26 bits per heavy atom. The molecule has 3 heterocycles. The van der Waals surface area contributed by atoms with Crippen molar-refractivity contribution in [1.29, 1.82) is 0 Å². The van der Waals surface area contributed by atoms with E-state index in [0.717, 1.165) is 16.8 Å². The molecule has 0 saturated carbocycles. The quantitative estimate of drug-likeness (QED) is 0.796. The van der Waals surface area contributed by atoms with Crippen LogP contribution in [0.25, 0.3) is 5.65 Å². The molecule has 0 aliphatic carbocycles. The monoisotopic (exact) mass is 381 g/mol. The zero-order valence-corrected chi connectivity index (χ0v) is 15.0. The Morgan fingerprint density at radius 3 is 2.96 bits per heavy atom. The van der Waals surface area contributed by atoms with Gasteiger partial charge in [-0.05, 0) is 48.8 Å². The summed E-state index contributed by atoms with van der Waals surface area (Å²) in [5.41, 5.74) is 0.216. The molecule has 0 aromatic carbocycles. The molecule has 7 nitrogen and oxygen atoms in total. The molecule has 0 amide bonds. The minimum atomic E-state index is -0.516. The standard InChI is InChI=1S/C15H20BrN5O2/c1-15(2,3)23-14(22)10-9-17-7-8-20(10)13-12(16)21-11(19-13)5-4-6-18-21/h4-6,10,17H,7-9H2,1-3H3. The van der Waals surface area contributed by atoms with Crippen LogP contribution in [0.2, 0.25) is 0 Å². The number of rotatable bonds is 2. The number of piperazine rings is 1. The molecular formula is C15H20BrN5O2. The summed E-state index contributed by atoms with van der Waals surface area (Å²) >= 11 is 3.55. The Kier molecular flexibility index (Phi) is 4.29. The third-order valence-electron chi connectivity index (χ3n) is 3.52. The molecule has 1 unspecified atom stereocenters. The lowest BCUT2D eigenvalue weighted by molar-refractivity contribution is -0.156. The van der Waals surface area contributed by atoms with Crippen LogP contribution >= 0.6 is 15.9 Å². The van der Waals surface area contributed by atoms with E-state index in [1.165, 1.54) is 0 Å². The number of ether oxygens (including phenoxy) is 1. The van der Waals surface area contributed by atoms with E-state index < -0.39 is 11.6 Å². The van der Waals surface area contributed by atoms with Crippen LogP contribution in [-0.2, 0) is 9.53 Å². The average molecular weight is 382 g/mol. The minimum Gasteiger partial charge on any atom is -0.458 e. The molecule has 0 bridgehead atoms. The normalized spacial score (nSPS) is 19.1. The van der Waals surface area contributed by atoms with Gasteiger partial charge in [-0.3, -0.25) is 0 Å². The fraction of sp³-hybridized carbons (Fsp3) is 0.533. The summed E-state index contributed by atoms with van der Waals surface area (Å²) in [6, 6.07) is 3.30. The largest absolute Gasteiger partial charge is 0.458 e. The van der Waals surface area contributed by atoms with Crippen molar-refractivity contribution in [3.63, 3.8) is 0 Å². The highest BCUT2D eigenvalue weighted by atomic mass is 79.9. The highest BCUT2D eigenvalue weighted by Crippen LogP contribution is 2.29. The van der Waals surface area contributed by atoms with Gasteiger partial charge in [0.25, 0.3) is 0 Å². The zero-order valence-electron chi connectivity index (χ0n) is 13.4. The van der Waals surface area contributed by atoms with Crippen LogP contribution in [0.15, 0.2) is 22.9 Å². The predicted octanol–water partition coefficient (Wildman–Crippen LogP) is 1.61. The topological polar surface area (TPSA) is 71.8 Å². The van der Waals surface area contributed by atoms with Crippen LogP contribution in [-0.4, -0.2) is 51.8 Å². The molecule has 3 rings (SSSR count). The first-order valence-electron chi connectivity index (χ1n) is 7.56. The molecule has 1 fully saturated rings. The van der Waals surface area contributed by atoms with Crippen molar-refractivity contribution in [2.45, 2.75) is 32.4 Å². The van der Waals surface area contributed by atoms with Crippen LogP contribution in [0, 0.1) is 0 Å². The lowest BCUT2D eigenvalue weighted by Gasteiger charge is -2.36. The fourth-order valence-corrected chi connectivity index (χ4v) is 3.16. The van der Waals surface area contributed by atoms with Crippen LogP contribution < -0.4 is 10.2 Å². The summed E-state index contributed by atoms with van der Waals surface area (Å²) in [7, 11) is 0. The van der Waals surface area contributed by atoms with Crippen molar-refractivity contribution in [2.24, 2.45) is 0 Å². The summed E-state index contributed by atoms with van der Waals surface area (Å²) in [5, 5.41) is 7.52. The van der Waals surface area contributed by atoms with Crippen molar-refractivity contribution in [3.8, 4) is 0 Å². The molecule has 2 aromatic heterocycles. The first kappa shape index (κ1) is 16.2. The van der Waals surface area contributed by atoms with Crippen LogP contribution in [0.5, 0.6) is 0 Å². The number of hydrogen-bond donors (Lipinski definition) is 1. The Labute approximate surface area is 143 Å².